The Morgan fingerprint density at radius 1 is 1.21 bits per heavy atom. The summed E-state index contributed by atoms with van der Waals surface area (Å²) in [7, 11) is -0.151. The van der Waals surface area contributed by atoms with E-state index in [1.54, 1.807) is 23.1 Å². The molecule has 0 radical (unpaired) electrons. The van der Waals surface area contributed by atoms with E-state index in [-0.39, 0.29) is 42.1 Å². The number of hydrogen-bond acceptors (Lipinski definition) is 7. The van der Waals surface area contributed by atoms with Crippen LogP contribution in [0.5, 0.6) is 11.5 Å². The Balaban J connectivity index is 1.91. The van der Waals surface area contributed by atoms with Gasteiger partial charge < -0.3 is 19.5 Å². The number of ether oxygens (including phenoxy) is 2. The Hall–Kier alpha value is -2.27. The van der Waals surface area contributed by atoms with Crippen molar-refractivity contribution >= 4 is 44.3 Å². The summed E-state index contributed by atoms with van der Waals surface area (Å²) in [6.07, 6.45) is 0.115. The Morgan fingerprint density at radius 3 is 2.59 bits per heavy atom. The molecule has 2 aliphatic heterocycles. The number of fused-ring (bicyclic) bond motifs is 1. The smallest absolute Gasteiger partial charge is 0.303 e. The first-order valence-corrected chi connectivity index (χ1v) is 11.7. The van der Waals surface area contributed by atoms with Gasteiger partial charge in [-0.15, -0.1) is 0 Å². The number of rotatable bonds is 7. The number of carbonyl (C=O) groups is 2. The second kappa shape index (κ2) is 8.62. The van der Waals surface area contributed by atoms with Gasteiger partial charge in [-0.25, -0.2) is 8.42 Å². The number of amidine groups is 1. The summed E-state index contributed by atoms with van der Waals surface area (Å²) in [5.41, 5.74) is 0.650. The number of aliphatic imine (C=N–C) groups is 1. The number of methoxy groups -OCH3 is 2. The number of carboxylic acids is 1. The van der Waals surface area contributed by atoms with E-state index >= 15 is 0 Å². The predicted octanol–water partition coefficient (Wildman–Crippen LogP) is 1.56. The van der Waals surface area contributed by atoms with Gasteiger partial charge in [0.15, 0.2) is 26.5 Å². The van der Waals surface area contributed by atoms with Crippen LogP contribution in [0.1, 0.15) is 19.3 Å². The number of aliphatic carboxylic acids is 1. The third kappa shape index (κ3) is 4.84. The van der Waals surface area contributed by atoms with Crippen molar-refractivity contribution in [1.29, 1.82) is 0 Å². The Bertz CT molecular complexity index is 946. The summed E-state index contributed by atoms with van der Waals surface area (Å²) in [5.74, 6) is -0.383. The monoisotopic (exact) mass is 442 g/mol. The van der Waals surface area contributed by atoms with E-state index in [9.17, 15) is 18.0 Å². The number of amides is 1. The van der Waals surface area contributed by atoms with Gasteiger partial charge in [-0.05, 0) is 18.6 Å². The number of anilines is 1. The van der Waals surface area contributed by atoms with E-state index in [0.29, 0.717) is 22.4 Å². The lowest BCUT2D eigenvalue weighted by atomic mass is 10.2. The fraction of sp³-hybridized carbons (Fsp3) is 0.500. The standard InChI is InChI=1S/C18H22N2O7S2/c1-26-13-7-6-11(8-14(13)27-2)20-12-9-29(24,25)10-15(12)28-18(20)19-16(21)4-3-5-17(22)23/h6-8,12,15H,3-5,9-10H2,1-2H3,(H,22,23)/t12-,15+/m1/s1. The van der Waals surface area contributed by atoms with Crippen LogP contribution in [0.4, 0.5) is 5.69 Å². The quantitative estimate of drug-likeness (QED) is 0.670. The molecular weight excluding hydrogens is 420 g/mol. The molecule has 0 aromatic heterocycles. The summed E-state index contributed by atoms with van der Waals surface area (Å²) in [6, 6.07) is 4.85. The van der Waals surface area contributed by atoms with Crippen LogP contribution in [-0.4, -0.2) is 67.6 Å². The SMILES string of the molecule is COc1ccc(N2C(=NC(=O)CCCC(=O)O)S[C@H]3CS(=O)(=O)C[C@H]32)cc1OC. The molecule has 9 nitrogen and oxygen atoms in total. The van der Waals surface area contributed by atoms with E-state index in [0.717, 1.165) is 0 Å². The van der Waals surface area contributed by atoms with Crippen molar-refractivity contribution < 1.29 is 32.6 Å². The molecule has 11 heteroatoms. The third-order valence-corrected chi connectivity index (χ3v) is 7.92. The van der Waals surface area contributed by atoms with Gasteiger partial charge in [-0.1, -0.05) is 11.8 Å². The fourth-order valence-electron chi connectivity index (χ4n) is 3.39. The molecule has 1 aromatic carbocycles. The molecule has 1 N–H and O–H groups in total. The van der Waals surface area contributed by atoms with Crippen LogP contribution < -0.4 is 14.4 Å². The zero-order valence-corrected chi connectivity index (χ0v) is 17.7. The molecule has 1 amide bonds. The van der Waals surface area contributed by atoms with Gasteiger partial charge >= 0.3 is 5.97 Å². The zero-order valence-electron chi connectivity index (χ0n) is 16.0. The summed E-state index contributed by atoms with van der Waals surface area (Å²) < 4.78 is 34.9. The summed E-state index contributed by atoms with van der Waals surface area (Å²) in [5, 5.41) is 8.91. The molecule has 3 rings (SSSR count). The topological polar surface area (TPSA) is 123 Å². The van der Waals surface area contributed by atoms with E-state index in [4.69, 9.17) is 14.6 Å². The molecule has 2 saturated heterocycles. The largest absolute Gasteiger partial charge is 0.493 e. The highest BCUT2D eigenvalue weighted by Gasteiger charge is 2.49. The molecule has 0 spiro atoms. The molecule has 0 bridgehead atoms. The van der Waals surface area contributed by atoms with Crippen LogP contribution >= 0.6 is 11.8 Å². The number of benzene rings is 1. The molecule has 2 atom stereocenters. The maximum absolute atomic E-state index is 12.2. The van der Waals surface area contributed by atoms with E-state index in [1.807, 2.05) is 0 Å². The second-order valence-corrected chi connectivity index (χ2v) is 10.1. The average molecular weight is 443 g/mol. The van der Waals surface area contributed by atoms with Crippen molar-refractivity contribution in [3.05, 3.63) is 18.2 Å². The number of carboxylic acid groups (broad SMARTS) is 1. The number of nitrogens with zero attached hydrogens (tertiary/aromatic N) is 2. The van der Waals surface area contributed by atoms with Crippen molar-refractivity contribution in [2.24, 2.45) is 4.99 Å². The van der Waals surface area contributed by atoms with Crippen LogP contribution in [0, 0.1) is 0 Å². The summed E-state index contributed by atoms with van der Waals surface area (Å²) in [6.45, 7) is 0. The first-order valence-electron chi connectivity index (χ1n) is 8.95. The molecule has 158 valence electrons. The molecule has 1 aromatic rings. The van der Waals surface area contributed by atoms with Crippen LogP contribution in [-0.2, 0) is 19.4 Å². The average Bonchev–Trinajstić information content (AvgIpc) is 3.11. The molecule has 0 unspecified atom stereocenters. The molecule has 0 saturated carbocycles. The second-order valence-electron chi connectivity index (χ2n) is 6.75. The van der Waals surface area contributed by atoms with Crippen molar-refractivity contribution in [1.82, 2.24) is 0 Å². The first-order chi connectivity index (χ1) is 13.7. The van der Waals surface area contributed by atoms with Gasteiger partial charge in [0, 0.05) is 29.8 Å². The van der Waals surface area contributed by atoms with Crippen LogP contribution in [0.25, 0.3) is 0 Å². The van der Waals surface area contributed by atoms with Crippen LogP contribution in [0.2, 0.25) is 0 Å². The van der Waals surface area contributed by atoms with E-state index in [1.165, 1.54) is 26.0 Å². The predicted molar refractivity (Wildman–Crippen MR) is 110 cm³/mol. The van der Waals surface area contributed by atoms with Gasteiger partial charge in [0.05, 0.1) is 31.8 Å². The zero-order chi connectivity index (χ0) is 21.2. The van der Waals surface area contributed by atoms with Crippen LogP contribution in [0.3, 0.4) is 0 Å². The maximum atomic E-state index is 12.2. The minimum absolute atomic E-state index is 0.0176. The van der Waals surface area contributed by atoms with Crippen molar-refractivity contribution in [2.75, 3.05) is 30.6 Å². The highest BCUT2D eigenvalue weighted by molar-refractivity contribution is 8.16. The number of carbonyl (C=O) groups excluding carboxylic acids is 1. The molecule has 2 aliphatic rings. The summed E-state index contributed by atoms with van der Waals surface area (Å²) >= 11 is 1.27. The Morgan fingerprint density at radius 2 is 1.93 bits per heavy atom. The third-order valence-electron chi connectivity index (χ3n) is 4.71. The van der Waals surface area contributed by atoms with Gasteiger partial charge in [0.2, 0.25) is 5.91 Å². The van der Waals surface area contributed by atoms with Gasteiger partial charge in [-0.3, -0.25) is 9.59 Å². The lowest BCUT2D eigenvalue weighted by Crippen LogP contribution is -2.37. The lowest BCUT2D eigenvalue weighted by Gasteiger charge is -2.25. The molecular formula is C18H22N2O7S2. The van der Waals surface area contributed by atoms with Crippen molar-refractivity contribution in [2.45, 2.75) is 30.6 Å². The van der Waals surface area contributed by atoms with Gasteiger partial charge in [0.1, 0.15) is 0 Å². The van der Waals surface area contributed by atoms with E-state index in [2.05, 4.69) is 4.99 Å². The van der Waals surface area contributed by atoms with E-state index < -0.39 is 21.7 Å². The molecule has 0 aliphatic carbocycles. The Kier molecular flexibility index (Phi) is 6.37. The number of sulfone groups is 1. The minimum Gasteiger partial charge on any atom is -0.493 e. The first kappa shape index (κ1) is 21.4. The number of thioether (sulfide) groups is 1. The van der Waals surface area contributed by atoms with Gasteiger partial charge in [-0.2, -0.15) is 4.99 Å². The maximum Gasteiger partial charge on any atom is 0.303 e. The fourth-order valence-corrected chi connectivity index (χ4v) is 7.33. The highest BCUT2D eigenvalue weighted by Crippen LogP contribution is 2.43. The molecule has 29 heavy (non-hydrogen) atoms. The van der Waals surface area contributed by atoms with Crippen molar-refractivity contribution in [3.63, 3.8) is 0 Å². The van der Waals surface area contributed by atoms with Gasteiger partial charge in [0.25, 0.3) is 0 Å². The number of hydrogen-bond donors (Lipinski definition) is 1. The van der Waals surface area contributed by atoms with Crippen molar-refractivity contribution in [3.8, 4) is 11.5 Å². The molecule has 2 fully saturated rings. The molecule has 2 heterocycles. The normalized spacial score (nSPS) is 23.8. The highest BCUT2D eigenvalue weighted by atomic mass is 32.2. The summed E-state index contributed by atoms with van der Waals surface area (Å²) in [4.78, 5) is 28.8. The van der Waals surface area contributed by atoms with Crippen LogP contribution in [0.15, 0.2) is 23.2 Å². The minimum atomic E-state index is -3.17. The lowest BCUT2D eigenvalue weighted by molar-refractivity contribution is -0.137. The Labute approximate surface area is 173 Å².